The van der Waals surface area contributed by atoms with E-state index in [1.807, 2.05) is 69.3 Å². The van der Waals surface area contributed by atoms with E-state index in [-0.39, 0.29) is 23.7 Å². The third-order valence-corrected chi connectivity index (χ3v) is 6.84. The van der Waals surface area contributed by atoms with Gasteiger partial charge in [-0.2, -0.15) is 0 Å². The maximum absolute atomic E-state index is 13.0. The highest BCUT2D eigenvalue weighted by Crippen LogP contribution is 2.34. The highest BCUT2D eigenvalue weighted by atomic mass is 16.6. The van der Waals surface area contributed by atoms with Gasteiger partial charge in [0.15, 0.2) is 5.78 Å². The monoisotopic (exact) mass is 500 g/mol. The van der Waals surface area contributed by atoms with Crippen LogP contribution in [0.15, 0.2) is 60.9 Å². The van der Waals surface area contributed by atoms with Crippen LogP contribution in [0.2, 0.25) is 0 Å². The topological polar surface area (TPSA) is 98.4 Å². The lowest BCUT2D eigenvalue weighted by atomic mass is 9.77. The molecule has 194 valence electrons. The molecule has 0 aliphatic carbocycles. The van der Waals surface area contributed by atoms with Crippen molar-refractivity contribution in [3.05, 3.63) is 77.9 Å². The summed E-state index contributed by atoms with van der Waals surface area (Å²) in [6.45, 7) is 9.12. The third-order valence-electron chi connectivity index (χ3n) is 6.84. The van der Waals surface area contributed by atoms with Gasteiger partial charge in [-0.25, -0.2) is 14.8 Å². The summed E-state index contributed by atoms with van der Waals surface area (Å²) in [4.78, 5) is 36.1. The average Bonchev–Trinajstić information content (AvgIpc) is 2.85. The number of benzene rings is 2. The number of Topliss-reactive ketones (excluding diaryl/α,β-unsaturated/α-hetero) is 1. The molecule has 1 fully saturated rings. The van der Waals surface area contributed by atoms with Gasteiger partial charge < -0.3 is 15.4 Å². The first kappa shape index (κ1) is 26.3. The van der Waals surface area contributed by atoms with E-state index in [4.69, 9.17) is 10.5 Å². The molecule has 37 heavy (non-hydrogen) atoms. The number of nitrogens with zero attached hydrogens (tertiary/aromatic N) is 3. The van der Waals surface area contributed by atoms with Crippen LogP contribution in [0.1, 0.15) is 62.3 Å². The zero-order valence-corrected chi connectivity index (χ0v) is 22.2. The van der Waals surface area contributed by atoms with Gasteiger partial charge in [0.1, 0.15) is 11.4 Å². The van der Waals surface area contributed by atoms with E-state index in [0.29, 0.717) is 36.6 Å². The Morgan fingerprint density at radius 3 is 2.27 bits per heavy atom. The standard InChI is InChI=1S/C30H36N4O3/c1-29(2,3)37-28(36)34-14-12-30(4,13-15-34)18-27-32-19-24(20-33-27)26(35)17-23-16-22(10-11-25(23)31)21-8-6-5-7-9-21/h5-11,16,19-20H,12-15,17-18,31H2,1-4H3. The molecule has 1 amide bonds. The molecule has 0 spiro atoms. The summed E-state index contributed by atoms with van der Waals surface area (Å²) in [5, 5.41) is 0. The molecule has 0 unspecified atom stereocenters. The fraction of sp³-hybridized carbons (Fsp3) is 0.400. The predicted octanol–water partition coefficient (Wildman–Crippen LogP) is 5.73. The Balaban J connectivity index is 1.36. The van der Waals surface area contributed by atoms with Crippen LogP contribution in [0.4, 0.5) is 10.5 Å². The summed E-state index contributed by atoms with van der Waals surface area (Å²) < 4.78 is 5.50. The molecule has 1 aliphatic heterocycles. The van der Waals surface area contributed by atoms with E-state index in [1.54, 1.807) is 17.3 Å². The number of nitrogen functional groups attached to an aromatic ring is 1. The molecule has 3 aromatic rings. The maximum Gasteiger partial charge on any atom is 0.410 e. The number of hydrogen-bond acceptors (Lipinski definition) is 6. The molecule has 0 bridgehead atoms. The van der Waals surface area contributed by atoms with Gasteiger partial charge in [-0.1, -0.05) is 43.3 Å². The van der Waals surface area contributed by atoms with E-state index >= 15 is 0 Å². The maximum atomic E-state index is 13.0. The lowest BCUT2D eigenvalue weighted by molar-refractivity contribution is 0.0118. The summed E-state index contributed by atoms with van der Waals surface area (Å²) in [7, 11) is 0. The first-order chi connectivity index (χ1) is 17.5. The molecule has 7 heteroatoms. The molecule has 1 aromatic heterocycles. The number of nitrogens with two attached hydrogens (primary N) is 1. The molecule has 1 saturated heterocycles. The molecular weight excluding hydrogens is 464 g/mol. The number of amides is 1. The van der Waals surface area contributed by atoms with E-state index in [9.17, 15) is 9.59 Å². The van der Waals surface area contributed by atoms with Crippen LogP contribution in [0.25, 0.3) is 11.1 Å². The van der Waals surface area contributed by atoms with E-state index in [1.165, 1.54) is 0 Å². The van der Waals surface area contributed by atoms with Gasteiger partial charge >= 0.3 is 6.09 Å². The SMILES string of the molecule is CC1(Cc2ncc(C(=O)Cc3cc(-c4ccccc4)ccc3N)cn2)CCN(C(=O)OC(C)(C)C)CC1. The zero-order valence-electron chi connectivity index (χ0n) is 22.2. The van der Waals surface area contributed by atoms with Crippen molar-refractivity contribution in [1.82, 2.24) is 14.9 Å². The Labute approximate surface area is 219 Å². The molecule has 2 aromatic carbocycles. The van der Waals surface area contributed by atoms with E-state index in [2.05, 4.69) is 16.9 Å². The molecule has 2 heterocycles. The van der Waals surface area contributed by atoms with Crippen LogP contribution in [-0.2, 0) is 17.6 Å². The fourth-order valence-electron chi connectivity index (χ4n) is 4.55. The summed E-state index contributed by atoms with van der Waals surface area (Å²) in [5.74, 6) is 0.635. The molecule has 0 radical (unpaired) electrons. The Bertz CT molecular complexity index is 1240. The number of ether oxygens (including phenoxy) is 1. The molecule has 7 nitrogen and oxygen atoms in total. The number of hydrogen-bond donors (Lipinski definition) is 1. The van der Waals surface area contributed by atoms with Crippen molar-refractivity contribution in [2.75, 3.05) is 18.8 Å². The number of piperidine rings is 1. The molecule has 0 atom stereocenters. The highest BCUT2D eigenvalue weighted by molar-refractivity contribution is 5.97. The van der Waals surface area contributed by atoms with Crippen LogP contribution in [0, 0.1) is 5.41 Å². The third kappa shape index (κ3) is 6.94. The molecule has 0 saturated carbocycles. The largest absolute Gasteiger partial charge is 0.444 e. The number of ketones is 1. The number of likely N-dealkylation sites (tertiary alicyclic amines) is 1. The van der Waals surface area contributed by atoms with Crippen LogP contribution < -0.4 is 5.73 Å². The lowest BCUT2D eigenvalue weighted by Crippen LogP contribution is -2.45. The van der Waals surface area contributed by atoms with Crippen molar-refractivity contribution in [2.45, 2.75) is 59.0 Å². The Morgan fingerprint density at radius 1 is 1.00 bits per heavy atom. The Hall–Kier alpha value is -3.74. The quantitative estimate of drug-likeness (QED) is 0.343. The summed E-state index contributed by atoms with van der Waals surface area (Å²) in [6.07, 6.45) is 5.52. The number of aromatic nitrogens is 2. The molecule has 4 rings (SSSR count). The van der Waals surface area contributed by atoms with Gasteiger partial charge in [-0.05, 0) is 67.9 Å². The second-order valence-electron chi connectivity index (χ2n) is 11.2. The minimum atomic E-state index is -0.499. The van der Waals surface area contributed by atoms with Gasteiger partial charge in [-0.3, -0.25) is 4.79 Å². The van der Waals surface area contributed by atoms with Crippen molar-refractivity contribution in [3.63, 3.8) is 0 Å². The minimum Gasteiger partial charge on any atom is -0.444 e. The number of anilines is 1. The van der Waals surface area contributed by atoms with Crippen molar-refractivity contribution >= 4 is 17.6 Å². The number of carbonyl (C=O) groups excluding carboxylic acids is 2. The lowest BCUT2D eigenvalue weighted by Gasteiger charge is -2.39. The molecular formula is C30H36N4O3. The second-order valence-corrected chi connectivity index (χ2v) is 11.2. The van der Waals surface area contributed by atoms with Gasteiger partial charge in [-0.15, -0.1) is 0 Å². The van der Waals surface area contributed by atoms with Crippen LogP contribution in [0.5, 0.6) is 0 Å². The number of rotatable bonds is 6. The molecule has 2 N–H and O–H groups in total. The van der Waals surface area contributed by atoms with Crippen molar-refractivity contribution in [2.24, 2.45) is 5.41 Å². The van der Waals surface area contributed by atoms with E-state index in [0.717, 1.165) is 29.5 Å². The van der Waals surface area contributed by atoms with Crippen LogP contribution in [-0.4, -0.2) is 45.4 Å². The predicted molar refractivity (Wildman–Crippen MR) is 145 cm³/mol. The van der Waals surface area contributed by atoms with E-state index < -0.39 is 5.60 Å². The van der Waals surface area contributed by atoms with Crippen molar-refractivity contribution in [1.29, 1.82) is 0 Å². The first-order valence-electron chi connectivity index (χ1n) is 12.8. The number of carbonyl (C=O) groups is 2. The zero-order chi connectivity index (χ0) is 26.6. The molecule has 1 aliphatic rings. The second kappa shape index (κ2) is 10.7. The summed E-state index contributed by atoms with van der Waals surface area (Å²) in [6, 6.07) is 15.8. The minimum absolute atomic E-state index is 0.0175. The Morgan fingerprint density at radius 2 is 1.65 bits per heavy atom. The summed E-state index contributed by atoms with van der Waals surface area (Å²) in [5.41, 5.74) is 9.62. The van der Waals surface area contributed by atoms with Gasteiger partial charge in [0.05, 0.1) is 5.56 Å². The van der Waals surface area contributed by atoms with Crippen LogP contribution in [0.3, 0.4) is 0 Å². The average molecular weight is 501 g/mol. The highest BCUT2D eigenvalue weighted by Gasteiger charge is 2.34. The van der Waals surface area contributed by atoms with Gasteiger partial charge in [0, 0.05) is 44.0 Å². The fourth-order valence-corrected chi connectivity index (χ4v) is 4.55. The Kier molecular flexibility index (Phi) is 7.62. The smallest absolute Gasteiger partial charge is 0.410 e. The van der Waals surface area contributed by atoms with Gasteiger partial charge in [0.25, 0.3) is 0 Å². The van der Waals surface area contributed by atoms with Crippen molar-refractivity contribution in [3.8, 4) is 11.1 Å². The van der Waals surface area contributed by atoms with Crippen LogP contribution >= 0.6 is 0 Å². The van der Waals surface area contributed by atoms with Gasteiger partial charge in [0.2, 0.25) is 0 Å². The normalized spacial score (nSPS) is 15.3. The first-order valence-corrected chi connectivity index (χ1v) is 12.8. The van der Waals surface area contributed by atoms with Crippen molar-refractivity contribution < 1.29 is 14.3 Å². The summed E-state index contributed by atoms with van der Waals surface area (Å²) >= 11 is 0.